The van der Waals surface area contributed by atoms with E-state index in [1.165, 1.54) is 13.8 Å². The molecule has 15 heteroatoms. The molecule has 1 aliphatic heterocycles. The number of ether oxygens (including phenoxy) is 4. The van der Waals surface area contributed by atoms with Gasteiger partial charge in [0.2, 0.25) is 17.7 Å². The molecule has 3 amide bonds. The molecule has 0 bridgehead atoms. The molecular weight excluding hydrogens is 582 g/mol. The second-order valence-corrected chi connectivity index (χ2v) is 11.0. The van der Waals surface area contributed by atoms with E-state index < -0.39 is 49.2 Å². The standard InChI is InChI=1S/C29H53N3O12/c1-19(16-33)43-18-41-14-8-5-12-25(38)32-22(20(2)35)10-4-7-13-30-24(37)11-6-9-15-42-29-26(31-21(3)36)28(40)27(39)23(17-34)44-29/h19,22-23,26-29,33-34,39-40H,4-18H2,1-3H3,(H,30,37)(H,31,36)(H,32,38)/t19?,22-,23?,26?,27?,28?,29?/m1/s1. The minimum atomic E-state index is -1.39. The molecule has 0 radical (unpaired) electrons. The quantitative estimate of drug-likeness (QED) is 0.0502. The van der Waals surface area contributed by atoms with E-state index in [-0.39, 0.29) is 56.5 Å². The normalized spacial score (nSPS) is 23.0. The van der Waals surface area contributed by atoms with Crippen LogP contribution in [0.1, 0.15) is 78.6 Å². The number of unbranched alkanes of at least 4 members (excludes halogenated alkanes) is 3. The van der Waals surface area contributed by atoms with Crippen molar-refractivity contribution in [3.63, 3.8) is 0 Å². The van der Waals surface area contributed by atoms with Gasteiger partial charge in [0.05, 0.1) is 25.4 Å². The molecule has 7 atom stereocenters. The molecule has 0 aromatic carbocycles. The van der Waals surface area contributed by atoms with E-state index in [1.807, 2.05) is 0 Å². The van der Waals surface area contributed by atoms with Crippen molar-refractivity contribution in [1.29, 1.82) is 0 Å². The summed E-state index contributed by atoms with van der Waals surface area (Å²) in [4.78, 5) is 47.9. The van der Waals surface area contributed by atoms with Gasteiger partial charge in [0.25, 0.3) is 0 Å². The van der Waals surface area contributed by atoms with Crippen LogP contribution in [0.5, 0.6) is 0 Å². The fraction of sp³-hybridized carbons (Fsp3) is 0.862. The van der Waals surface area contributed by atoms with Gasteiger partial charge in [0.1, 0.15) is 31.1 Å². The molecule has 1 fully saturated rings. The Bertz CT molecular complexity index is 848. The monoisotopic (exact) mass is 635 g/mol. The number of nitrogens with one attached hydrogen (secondary N) is 3. The first-order valence-corrected chi connectivity index (χ1v) is 15.4. The van der Waals surface area contributed by atoms with Gasteiger partial charge in [0.15, 0.2) is 12.1 Å². The van der Waals surface area contributed by atoms with Crippen LogP contribution < -0.4 is 16.0 Å². The van der Waals surface area contributed by atoms with Crippen molar-refractivity contribution in [1.82, 2.24) is 16.0 Å². The van der Waals surface area contributed by atoms with Crippen molar-refractivity contribution in [2.75, 3.05) is 39.8 Å². The third-order valence-electron chi connectivity index (χ3n) is 7.03. The second kappa shape index (κ2) is 23.1. The van der Waals surface area contributed by atoms with Crippen LogP contribution in [-0.4, -0.2) is 126 Å². The van der Waals surface area contributed by atoms with Crippen molar-refractivity contribution in [2.45, 2.75) is 121 Å². The van der Waals surface area contributed by atoms with Crippen molar-refractivity contribution >= 4 is 23.5 Å². The summed E-state index contributed by atoms with van der Waals surface area (Å²) in [5.41, 5.74) is 0. The maximum Gasteiger partial charge on any atom is 0.220 e. The van der Waals surface area contributed by atoms with E-state index in [0.717, 1.165) is 0 Å². The molecule has 0 aromatic heterocycles. The van der Waals surface area contributed by atoms with Gasteiger partial charge in [0, 0.05) is 39.5 Å². The highest BCUT2D eigenvalue weighted by atomic mass is 16.7. The van der Waals surface area contributed by atoms with Gasteiger partial charge in [-0.15, -0.1) is 0 Å². The lowest BCUT2D eigenvalue weighted by molar-refractivity contribution is -0.270. The summed E-state index contributed by atoms with van der Waals surface area (Å²) < 4.78 is 21.6. The van der Waals surface area contributed by atoms with Crippen LogP contribution in [0.3, 0.4) is 0 Å². The lowest BCUT2D eigenvalue weighted by atomic mass is 9.97. The third kappa shape index (κ3) is 16.7. The Labute approximate surface area is 259 Å². The highest BCUT2D eigenvalue weighted by Crippen LogP contribution is 2.22. The summed E-state index contributed by atoms with van der Waals surface area (Å²) in [5.74, 6) is -0.897. The van der Waals surface area contributed by atoms with Crippen LogP contribution >= 0.6 is 0 Å². The molecule has 0 aromatic rings. The summed E-state index contributed by atoms with van der Waals surface area (Å²) >= 11 is 0. The Kier molecular flexibility index (Phi) is 20.9. The molecule has 1 saturated heterocycles. The number of carbonyl (C=O) groups excluding carboxylic acids is 4. The van der Waals surface area contributed by atoms with Crippen LogP contribution in [0, 0.1) is 0 Å². The van der Waals surface area contributed by atoms with Gasteiger partial charge in [-0.25, -0.2) is 0 Å². The van der Waals surface area contributed by atoms with Crippen LogP contribution in [0.4, 0.5) is 0 Å². The minimum absolute atomic E-state index is 0.0789. The van der Waals surface area contributed by atoms with Crippen LogP contribution in [-0.2, 0) is 38.1 Å². The van der Waals surface area contributed by atoms with Gasteiger partial charge in [-0.2, -0.15) is 0 Å². The molecule has 44 heavy (non-hydrogen) atoms. The lowest BCUT2D eigenvalue weighted by Crippen LogP contribution is -2.64. The van der Waals surface area contributed by atoms with Crippen molar-refractivity contribution < 1.29 is 58.6 Å². The first kappa shape index (κ1) is 39.8. The Morgan fingerprint density at radius 2 is 1.57 bits per heavy atom. The highest BCUT2D eigenvalue weighted by Gasteiger charge is 2.45. The molecule has 6 unspecified atom stereocenters. The molecule has 0 spiro atoms. The van der Waals surface area contributed by atoms with E-state index in [2.05, 4.69) is 16.0 Å². The van der Waals surface area contributed by atoms with Gasteiger partial charge in [-0.3, -0.25) is 19.2 Å². The molecule has 0 saturated carbocycles. The van der Waals surface area contributed by atoms with Crippen LogP contribution in [0.15, 0.2) is 0 Å². The zero-order chi connectivity index (χ0) is 32.9. The van der Waals surface area contributed by atoms with Gasteiger partial charge in [-0.05, 0) is 58.8 Å². The third-order valence-corrected chi connectivity index (χ3v) is 7.03. The zero-order valence-corrected chi connectivity index (χ0v) is 26.2. The highest BCUT2D eigenvalue weighted by molar-refractivity contribution is 5.87. The number of rotatable bonds is 24. The SMILES string of the molecule is CC(=O)NC1C(OCCCCC(=O)NCCCC[C@@H](NC(=O)CCCCOCOC(C)CO)C(C)=O)OC(CO)C(O)C1O. The maximum absolute atomic E-state index is 12.2. The fourth-order valence-electron chi connectivity index (χ4n) is 4.40. The summed E-state index contributed by atoms with van der Waals surface area (Å²) in [5, 5.41) is 46.7. The summed E-state index contributed by atoms with van der Waals surface area (Å²) in [6.45, 7) is 4.94. The maximum atomic E-state index is 12.2. The predicted molar refractivity (Wildman–Crippen MR) is 157 cm³/mol. The second-order valence-electron chi connectivity index (χ2n) is 11.0. The number of ketones is 1. The Morgan fingerprint density at radius 1 is 0.886 bits per heavy atom. The Hall–Kier alpha value is -2.24. The van der Waals surface area contributed by atoms with Gasteiger partial charge < -0.3 is 55.3 Å². The molecule has 0 aliphatic carbocycles. The molecule has 1 aliphatic rings. The van der Waals surface area contributed by atoms with E-state index in [9.17, 15) is 34.5 Å². The van der Waals surface area contributed by atoms with Crippen LogP contribution in [0.2, 0.25) is 0 Å². The van der Waals surface area contributed by atoms with E-state index >= 15 is 0 Å². The molecule has 15 nitrogen and oxygen atoms in total. The van der Waals surface area contributed by atoms with Gasteiger partial charge >= 0.3 is 0 Å². The molecular formula is C29H53N3O12. The number of aliphatic hydroxyl groups is 4. The molecule has 1 rings (SSSR count). The van der Waals surface area contributed by atoms with Crippen molar-refractivity contribution in [3.8, 4) is 0 Å². The largest absolute Gasteiger partial charge is 0.394 e. The Balaban J connectivity index is 2.18. The number of aliphatic hydroxyl groups excluding tert-OH is 4. The van der Waals surface area contributed by atoms with Crippen molar-refractivity contribution in [3.05, 3.63) is 0 Å². The predicted octanol–water partition coefficient (Wildman–Crippen LogP) is -0.981. The summed E-state index contributed by atoms with van der Waals surface area (Å²) in [6, 6.07) is -1.58. The zero-order valence-electron chi connectivity index (χ0n) is 26.2. The minimum Gasteiger partial charge on any atom is -0.394 e. The van der Waals surface area contributed by atoms with E-state index in [0.29, 0.717) is 58.1 Å². The van der Waals surface area contributed by atoms with E-state index in [1.54, 1.807) is 6.92 Å². The number of carbonyl (C=O) groups is 4. The van der Waals surface area contributed by atoms with Gasteiger partial charge in [-0.1, -0.05) is 0 Å². The number of hydrogen-bond donors (Lipinski definition) is 7. The summed E-state index contributed by atoms with van der Waals surface area (Å²) in [6.07, 6.45) is -0.605. The molecule has 1 heterocycles. The average Bonchev–Trinajstić information content (AvgIpc) is 2.98. The van der Waals surface area contributed by atoms with Crippen molar-refractivity contribution in [2.24, 2.45) is 0 Å². The number of amides is 3. The fourth-order valence-corrected chi connectivity index (χ4v) is 4.40. The van der Waals surface area contributed by atoms with E-state index in [4.69, 9.17) is 24.1 Å². The average molecular weight is 636 g/mol. The summed E-state index contributed by atoms with van der Waals surface area (Å²) in [7, 11) is 0. The van der Waals surface area contributed by atoms with Crippen LogP contribution in [0.25, 0.3) is 0 Å². The lowest BCUT2D eigenvalue weighted by Gasteiger charge is -2.42. The smallest absolute Gasteiger partial charge is 0.220 e. The Morgan fingerprint density at radius 3 is 2.20 bits per heavy atom. The molecule has 256 valence electrons. The topological polar surface area (TPSA) is 222 Å². The number of Topliss-reactive ketones (excluding diaryl/α,β-unsaturated/α-hetero) is 1. The first-order valence-electron chi connectivity index (χ1n) is 15.4. The number of hydrogen-bond acceptors (Lipinski definition) is 12. The first-order chi connectivity index (χ1) is 21.0. The molecule has 7 N–H and O–H groups in total.